The molecule has 1 aliphatic rings. The number of hydrogen-bond acceptors (Lipinski definition) is 5. The number of aliphatic imine (C=N–C) groups is 1. The maximum Gasteiger partial charge on any atom is 0.137 e. The minimum absolute atomic E-state index is 0.00180. The van der Waals surface area contributed by atoms with Crippen LogP contribution in [0.15, 0.2) is 48.0 Å². The highest BCUT2D eigenvalue weighted by molar-refractivity contribution is 8.22. The van der Waals surface area contributed by atoms with Crippen LogP contribution in [-0.2, 0) is 6.42 Å². The van der Waals surface area contributed by atoms with E-state index in [4.69, 9.17) is 4.74 Å². The van der Waals surface area contributed by atoms with Gasteiger partial charge in [0.2, 0.25) is 0 Å². The lowest BCUT2D eigenvalue weighted by atomic mass is 10.0. The quantitative estimate of drug-likeness (QED) is 0.567. The van der Waals surface area contributed by atoms with E-state index in [-0.39, 0.29) is 6.10 Å². The number of nitrogens with zero attached hydrogens (tertiary/aromatic N) is 2. The average Bonchev–Trinajstić information content (AvgIpc) is 3.07. The molecule has 1 aliphatic carbocycles. The Bertz CT molecular complexity index is 973. The summed E-state index contributed by atoms with van der Waals surface area (Å²) in [5.41, 5.74) is 4.56. The first kappa shape index (κ1) is 20.2. The maximum atomic E-state index is 10.1. The summed E-state index contributed by atoms with van der Waals surface area (Å²) in [5.74, 6) is 0.579. The van der Waals surface area contributed by atoms with Crippen molar-refractivity contribution in [1.82, 2.24) is 0 Å². The number of nitriles is 1. The fourth-order valence-corrected chi connectivity index (χ4v) is 4.28. The Morgan fingerprint density at radius 1 is 1.36 bits per heavy atom. The fourth-order valence-electron chi connectivity index (χ4n) is 3.41. The first-order valence-corrected chi connectivity index (χ1v) is 10.1. The zero-order valence-corrected chi connectivity index (χ0v) is 17.2. The summed E-state index contributed by atoms with van der Waals surface area (Å²) in [7, 11) is 1.74. The zero-order chi connectivity index (χ0) is 20.3. The predicted octanol–water partition coefficient (Wildman–Crippen LogP) is 5.11. The van der Waals surface area contributed by atoms with Gasteiger partial charge >= 0.3 is 0 Å². The lowest BCUT2D eigenvalue weighted by Crippen LogP contribution is -2.07. The van der Waals surface area contributed by atoms with Crippen LogP contribution in [0.1, 0.15) is 54.2 Å². The second-order valence-electron chi connectivity index (χ2n) is 6.97. The van der Waals surface area contributed by atoms with Gasteiger partial charge in [-0.2, -0.15) is 5.26 Å². The van der Waals surface area contributed by atoms with Gasteiger partial charge in [0.05, 0.1) is 17.8 Å². The molecular weight excluding hydrogens is 368 g/mol. The second-order valence-corrected chi connectivity index (χ2v) is 8.05. The third kappa shape index (κ3) is 4.14. The van der Waals surface area contributed by atoms with Gasteiger partial charge in [-0.15, -0.1) is 0 Å². The van der Waals surface area contributed by atoms with Gasteiger partial charge in [0.1, 0.15) is 16.9 Å². The molecule has 28 heavy (non-hydrogen) atoms. The minimum Gasteiger partial charge on any atom is -0.490 e. The molecule has 4 nitrogen and oxygen atoms in total. The number of thioether (sulfide) groups is 1. The molecule has 0 amide bonds. The Balaban J connectivity index is 1.86. The van der Waals surface area contributed by atoms with Crippen molar-refractivity contribution in [2.24, 2.45) is 4.99 Å². The first-order chi connectivity index (χ1) is 13.4. The number of ether oxygens (including phenoxy) is 1. The van der Waals surface area contributed by atoms with Gasteiger partial charge in [-0.25, -0.2) is 0 Å². The molecule has 0 heterocycles. The van der Waals surface area contributed by atoms with Crippen molar-refractivity contribution in [2.75, 3.05) is 7.05 Å². The van der Waals surface area contributed by atoms with E-state index in [2.05, 4.69) is 17.6 Å². The van der Waals surface area contributed by atoms with E-state index >= 15 is 0 Å². The maximum absolute atomic E-state index is 10.1. The smallest absolute Gasteiger partial charge is 0.137 e. The Hall–Kier alpha value is -2.55. The van der Waals surface area contributed by atoms with Gasteiger partial charge in [-0.1, -0.05) is 36.5 Å². The monoisotopic (exact) mass is 392 g/mol. The molecule has 0 aliphatic heterocycles. The average molecular weight is 393 g/mol. The topological polar surface area (TPSA) is 65.6 Å². The number of rotatable bonds is 5. The first-order valence-electron chi connectivity index (χ1n) is 9.29. The van der Waals surface area contributed by atoms with Crippen LogP contribution >= 0.6 is 11.8 Å². The molecule has 0 bridgehead atoms. The number of fused-ring (bicyclic) bond motifs is 1. The molecule has 0 saturated heterocycles. The highest BCUT2D eigenvalue weighted by Crippen LogP contribution is 2.39. The van der Waals surface area contributed by atoms with E-state index < -0.39 is 6.10 Å². The van der Waals surface area contributed by atoms with Gasteiger partial charge in [0.25, 0.3) is 0 Å². The molecule has 2 aromatic rings. The highest BCUT2D eigenvalue weighted by atomic mass is 32.2. The minimum atomic E-state index is -0.390. The highest BCUT2D eigenvalue weighted by Gasteiger charge is 2.24. The van der Waals surface area contributed by atoms with Crippen LogP contribution in [-0.4, -0.2) is 23.3 Å². The molecule has 144 valence electrons. The molecule has 0 aromatic heterocycles. The molecule has 1 unspecified atom stereocenters. The van der Waals surface area contributed by atoms with Crippen LogP contribution in [0.3, 0.4) is 0 Å². The molecule has 3 rings (SSSR count). The van der Waals surface area contributed by atoms with E-state index in [1.54, 1.807) is 13.1 Å². The summed E-state index contributed by atoms with van der Waals surface area (Å²) in [5, 5.41) is 20.4. The number of aliphatic hydroxyl groups excluding tert-OH is 1. The third-order valence-electron chi connectivity index (χ3n) is 4.67. The largest absolute Gasteiger partial charge is 0.490 e. The molecule has 1 atom stereocenters. The van der Waals surface area contributed by atoms with E-state index in [1.165, 1.54) is 17.3 Å². The second kappa shape index (κ2) is 8.64. The summed E-state index contributed by atoms with van der Waals surface area (Å²) in [6, 6.07) is 13.7. The summed E-state index contributed by atoms with van der Waals surface area (Å²) >= 11 is 1.48. The van der Waals surface area contributed by atoms with Crippen molar-refractivity contribution in [3.8, 4) is 11.8 Å². The predicted molar refractivity (Wildman–Crippen MR) is 116 cm³/mol. The van der Waals surface area contributed by atoms with Crippen molar-refractivity contribution >= 4 is 21.7 Å². The van der Waals surface area contributed by atoms with Gasteiger partial charge in [-0.3, -0.25) is 4.99 Å². The normalized spacial score (nSPS) is 16.0. The SMILES string of the molecule is C=C(SC(=NC)c1ccc(OC(C)C)c(C#N)c1)c1cccc2c1CCC2O. The summed E-state index contributed by atoms with van der Waals surface area (Å²) in [6.45, 7) is 8.12. The molecule has 0 radical (unpaired) electrons. The van der Waals surface area contributed by atoms with Crippen LogP contribution in [0.25, 0.3) is 4.91 Å². The van der Waals surface area contributed by atoms with E-state index in [0.29, 0.717) is 11.3 Å². The van der Waals surface area contributed by atoms with Crippen LogP contribution in [0.2, 0.25) is 0 Å². The van der Waals surface area contributed by atoms with Crippen molar-refractivity contribution in [2.45, 2.75) is 38.9 Å². The summed E-state index contributed by atoms with van der Waals surface area (Å²) in [6.07, 6.45) is 1.22. The van der Waals surface area contributed by atoms with E-state index in [9.17, 15) is 10.4 Å². The summed E-state index contributed by atoms with van der Waals surface area (Å²) in [4.78, 5) is 5.30. The Morgan fingerprint density at radius 3 is 2.82 bits per heavy atom. The lowest BCUT2D eigenvalue weighted by molar-refractivity contribution is 0.180. The Morgan fingerprint density at radius 2 is 2.14 bits per heavy atom. The van der Waals surface area contributed by atoms with Crippen molar-refractivity contribution in [3.63, 3.8) is 0 Å². The van der Waals surface area contributed by atoms with Crippen molar-refractivity contribution in [3.05, 3.63) is 70.8 Å². The third-order valence-corrected chi connectivity index (χ3v) is 5.75. The van der Waals surface area contributed by atoms with Gasteiger partial charge in [-0.05, 0) is 61.6 Å². The van der Waals surface area contributed by atoms with Crippen LogP contribution in [0.5, 0.6) is 5.75 Å². The Labute approximate surface area is 170 Å². The fraction of sp³-hybridized carbons (Fsp3) is 0.304. The van der Waals surface area contributed by atoms with E-state index in [1.807, 2.05) is 44.2 Å². The van der Waals surface area contributed by atoms with E-state index in [0.717, 1.165) is 39.5 Å². The molecule has 2 aromatic carbocycles. The van der Waals surface area contributed by atoms with Crippen LogP contribution in [0, 0.1) is 11.3 Å². The van der Waals surface area contributed by atoms with Crippen LogP contribution < -0.4 is 4.74 Å². The number of hydrogen-bond donors (Lipinski definition) is 1. The standard InChI is InChI=1S/C23H24N2O2S/c1-14(2)27-22-11-8-16(12-17(22)13-24)23(25-4)28-15(3)18-6-5-7-20-19(18)9-10-21(20)26/h5-8,11-12,14,21,26H,3,9-10H2,1-2,4H3. The van der Waals surface area contributed by atoms with Gasteiger partial charge < -0.3 is 9.84 Å². The molecule has 0 spiro atoms. The number of aliphatic hydroxyl groups is 1. The summed E-state index contributed by atoms with van der Waals surface area (Å²) < 4.78 is 5.71. The van der Waals surface area contributed by atoms with Crippen molar-refractivity contribution in [1.29, 1.82) is 5.26 Å². The molecule has 0 saturated carbocycles. The molecule has 1 N–H and O–H groups in total. The zero-order valence-electron chi connectivity index (χ0n) is 16.4. The van der Waals surface area contributed by atoms with Crippen LogP contribution in [0.4, 0.5) is 0 Å². The lowest BCUT2D eigenvalue weighted by Gasteiger charge is -2.15. The van der Waals surface area contributed by atoms with Gasteiger partial charge in [0.15, 0.2) is 0 Å². The molecule has 5 heteroatoms. The molecule has 0 fully saturated rings. The number of benzene rings is 2. The Kier molecular flexibility index (Phi) is 6.23. The van der Waals surface area contributed by atoms with Crippen molar-refractivity contribution < 1.29 is 9.84 Å². The molecular formula is C23H24N2O2S. The van der Waals surface area contributed by atoms with Gasteiger partial charge in [0, 0.05) is 17.5 Å².